The molecule has 0 fully saturated rings. The van der Waals surface area contributed by atoms with Crippen LogP contribution < -0.4 is 10.6 Å². The van der Waals surface area contributed by atoms with Crippen molar-refractivity contribution >= 4 is 28.1 Å². The Bertz CT molecular complexity index is 511. The van der Waals surface area contributed by atoms with Crippen molar-refractivity contribution in [1.82, 2.24) is 9.97 Å². The van der Waals surface area contributed by atoms with E-state index in [-0.39, 0.29) is 12.3 Å². The van der Waals surface area contributed by atoms with Gasteiger partial charge in [0, 0.05) is 18.6 Å². The molecule has 0 spiro atoms. The molecule has 0 radical (unpaired) electrons. The van der Waals surface area contributed by atoms with Gasteiger partial charge < -0.3 is 10.6 Å². The van der Waals surface area contributed by atoms with Crippen LogP contribution >= 0.6 is 11.3 Å². The number of aromatic nitrogens is 2. The minimum Gasteiger partial charge on any atom is -0.375 e. The summed E-state index contributed by atoms with van der Waals surface area (Å²) < 4.78 is 0. The second-order valence-corrected chi connectivity index (χ2v) is 4.41. The molecule has 0 aliphatic rings. The Morgan fingerprint density at radius 1 is 1.59 bits per heavy atom. The number of pyridine rings is 1. The topological polar surface area (TPSA) is 72.1 Å². The molecule has 2 rings (SSSR count). The summed E-state index contributed by atoms with van der Waals surface area (Å²) in [4.78, 5) is 21.5. The van der Waals surface area contributed by atoms with Gasteiger partial charge in [0.1, 0.15) is 0 Å². The SMILES string of the molecule is CN(C(=O)Cc1csc(N)n1)c1cccnc1. The normalized spacial score (nSPS) is 10.2. The van der Waals surface area contributed by atoms with E-state index < -0.39 is 0 Å². The molecule has 0 saturated carbocycles. The first kappa shape index (κ1) is 11.5. The minimum atomic E-state index is -0.0386. The first-order valence-corrected chi connectivity index (χ1v) is 5.91. The molecule has 0 aromatic carbocycles. The molecule has 0 unspecified atom stereocenters. The number of anilines is 2. The largest absolute Gasteiger partial charge is 0.375 e. The van der Waals surface area contributed by atoms with Gasteiger partial charge in [-0.1, -0.05) is 0 Å². The summed E-state index contributed by atoms with van der Waals surface area (Å²) in [5.41, 5.74) is 6.98. The first-order chi connectivity index (χ1) is 8.16. The lowest BCUT2D eigenvalue weighted by Gasteiger charge is -2.15. The fourth-order valence-corrected chi connectivity index (χ4v) is 1.94. The summed E-state index contributed by atoms with van der Waals surface area (Å²) in [6, 6.07) is 3.63. The van der Waals surface area contributed by atoms with Crippen molar-refractivity contribution in [2.45, 2.75) is 6.42 Å². The molecule has 2 aromatic rings. The number of amides is 1. The third-order valence-corrected chi connectivity index (χ3v) is 3.03. The summed E-state index contributed by atoms with van der Waals surface area (Å²) in [5, 5.41) is 2.28. The number of nitrogens with zero attached hydrogens (tertiary/aromatic N) is 3. The van der Waals surface area contributed by atoms with Crippen molar-refractivity contribution in [2.24, 2.45) is 0 Å². The van der Waals surface area contributed by atoms with Crippen LogP contribution in [-0.2, 0) is 11.2 Å². The predicted molar refractivity (Wildman–Crippen MR) is 67.9 cm³/mol. The quantitative estimate of drug-likeness (QED) is 0.889. The van der Waals surface area contributed by atoms with E-state index in [1.54, 1.807) is 35.8 Å². The number of carbonyl (C=O) groups excluding carboxylic acids is 1. The highest BCUT2D eigenvalue weighted by Crippen LogP contribution is 2.14. The van der Waals surface area contributed by atoms with Gasteiger partial charge in [-0.05, 0) is 12.1 Å². The van der Waals surface area contributed by atoms with Crippen LogP contribution in [0.4, 0.5) is 10.8 Å². The lowest BCUT2D eigenvalue weighted by atomic mass is 10.3. The van der Waals surface area contributed by atoms with Crippen LogP contribution in [0.2, 0.25) is 0 Å². The van der Waals surface area contributed by atoms with Gasteiger partial charge in [-0.25, -0.2) is 4.98 Å². The number of nitrogens with two attached hydrogens (primary N) is 1. The predicted octanol–water partition coefficient (Wildman–Crippen LogP) is 1.33. The number of likely N-dealkylation sites (N-methyl/N-ethyl adjacent to an activating group) is 1. The Balaban J connectivity index is 2.06. The minimum absolute atomic E-state index is 0.0386. The molecule has 0 aliphatic carbocycles. The summed E-state index contributed by atoms with van der Waals surface area (Å²) in [5.74, 6) is -0.0386. The molecule has 0 atom stereocenters. The van der Waals surface area contributed by atoms with E-state index in [2.05, 4.69) is 9.97 Å². The van der Waals surface area contributed by atoms with Crippen LogP contribution in [0, 0.1) is 0 Å². The van der Waals surface area contributed by atoms with E-state index in [4.69, 9.17) is 5.73 Å². The number of rotatable bonds is 3. The molecule has 0 saturated heterocycles. The molecule has 2 N–H and O–H groups in total. The summed E-state index contributed by atoms with van der Waals surface area (Å²) in [6.07, 6.45) is 3.56. The van der Waals surface area contributed by atoms with Crippen LogP contribution in [0.3, 0.4) is 0 Å². The number of nitrogen functional groups attached to an aromatic ring is 1. The van der Waals surface area contributed by atoms with Gasteiger partial charge in [0.25, 0.3) is 0 Å². The van der Waals surface area contributed by atoms with Crippen molar-refractivity contribution in [2.75, 3.05) is 17.7 Å². The van der Waals surface area contributed by atoms with E-state index in [0.717, 1.165) is 5.69 Å². The number of hydrogen-bond acceptors (Lipinski definition) is 5. The lowest BCUT2D eigenvalue weighted by Crippen LogP contribution is -2.27. The van der Waals surface area contributed by atoms with E-state index in [1.165, 1.54) is 11.3 Å². The first-order valence-electron chi connectivity index (χ1n) is 5.03. The Morgan fingerprint density at radius 3 is 3.00 bits per heavy atom. The van der Waals surface area contributed by atoms with E-state index in [9.17, 15) is 4.79 Å². The van der Waals surface area contributed by atoms with E-state index >= 15 is 0 Å². The molecule has 6 heteroatoms. The van der Waals surface area contributed by atoms with Crippen molar-refractivity contribution in [3.8, 4) is 0 Å². The smallest absolute Gasteiger partial charge is 0.232 e. The molecular formula is C11H12N4OS. The fourth-order valence-electron chi connectivity index (χ4n) is 1.37. The second kappa shape index (κ2) is 4.92. The highest BCUT2D eigenvalue weighted by Gasteiger charge is 2.13. The summed E-state index contributed by atoms with van der Waals surface area (Å²) in [6.45, 7) is 0. The molecular weight excluding hydrogens is 236 g/mol. The van der Waals surface area contributed by atoms with Crippen LogP contribution in [0.1, 0.15) is 5.69 Å². The van der Waals surface area contributed by atoms with Gasteiger partial charge in [-0.3, -0.25) is 9.78 Å². The lowest BCUT2D eigenvalue weighted by molar-refractivity contribution is -0.117. The van der Waals surface area contributed by atoms with Crippen molar-refractivity contribution in [3.63, 3.8) is 0 Å². The Morgan fingerprint density at radius 2 is 2.41 bits per heavy atom. The van der Waals surface area contributed by atoms with Crippen LogP contribution in [0.25, 0.3) is 0 Å². The Kier molecular flexibility index (Phi) is 3.34. The molecule has 88 valence electrons. The molecule has 0 aliphatic heterocycles. The standard InChI is InChI=1S/C11H12N4OS/c1-15(9-3-2-4-13-6-9)10(16)5-8-7-17-11(12)14-8/h2-4,6-7H,5H2,1H3,(H2,12,14). The Labute approximate surface area is 103 Å². The van der Waals surface area contributed by atoms with Crippen molar-refractivity contribution in [3.05, 3.63) is 35.6 Å². The zero-order valence-corrected chi connectivity index (χ0v) is 10.1. The zero-order chi connectivity index (χ0) is 12.3. The fraction of sp³-hybridized carbons (Fsp3) is 0.182. The average Bonchev–Trinajstić information content (AvgIpc) is 2.75. The third kappa shape index (κ3) is 2.79. The van der Waals surface area contributed by atoms with Gasteiger partial charge in [0.05, 0.1) is 24.0 Å². The highest BCUT2D eigenvalue weighted by molar-refractivity contribution is 7.13. The van der Waals surface area contributed by atoms with Gasteiger partial charge in [0.15, 0.2) is 5.13 Å². The molecule has 2 heterocycles. The second-order valence-electron chi connectivity index (χ2n) is 3.52. The monoisotopic (exact) mass is 248 g/mol. The molecule has 2 aromatic heterocycles. The van der Waals surface area contributed by atoms with Crippen LogP contribution in [-0.4, -0.2) is 22.9 Å². The maximum atomic E-state index is 11.9. The summed E-state index contributed by atoms with van der Waals surface area (Å²) in [7, 11) is 1.72. The molecule has 17 heavy (non-hydrogen) atoms. The van der Waals surface area contributed by atoms with Gasteiger partial charge in [0.2, 0.25) is 5.91 Å². The zero-order valence-electron chi connectivity index (χ0n) is 9.33. The number of hydrogen-bond donors (Lipinski definition) is 1. The molecule has 0 bridgehead atoms. The number of thiazole rings is 1. The highest BCUT2D eigenvalue weighted by atomic mass is 32.1. The van der Waals surface area contributed by atoms with Crippen LogP contribution in [0.5, 0.6) is 0 Å². The molecule has 1 amide bonds. The van der Waals surface area contributed by atoms with Gasteiger partial charge in [-0.2, -0.15) is 0 Å². The van der Waals surface area contributed by atoms with Crippen molar-refractivity contribution in [1.29, 1.82) is 0 Å². The van der Waals surface area contributed by atoms with Crippen LogP contribution in [0.15, 0.2) is 29.9 Å². The maximum Gasteiger partial charge on any atom is 0.232 e. The number of carbonyl (C=O) groups is 1. The van der Waals surface area contributed by atoms with E-state index in [0.29, 0.717) is 10.8 Å². The van der Waals surface area contributed by atoms with E-state index in [1.807, 2.05) is 6.07 Å². The average molecular weight is 248 g/mol. The Hall–Kier alpha value is -1.95. The summed E-state index contributed by atoms with van der Waals surface area (Å²) >= 11 is 1.34. The van der Waals surface area contributed by atoms with Gasteiger partial charge >= 0.3 is 0 Å². The maximum absolute atomic E-state index is 11.9. The van der Waals surface area contributed by atoms with Gasteiger partial charge in [-0.15, -0.1) is 11.3 Å². The third-order valence-electron chi connectivity index (χ3n) is 2.31. The van der Waals surface area contributed by atoms with Crippen molar-refractivity contribution < 1.29 is 4.79 Å². The molecule has 5 nitrogen and oxygen atoms in total.